The van der Waals surface area contributed by atoms with Gasteiger partial charge in [0.2, 0.25) is 5.91 Å². The molecule has 1 aromatic carbocycles. The zero-order chi connectivity index (χ0) is 13.7. The Morgan fingerprint density at radius 2 is 2.16 bits per heavy atom. The minimum absolute atomic E-state index is 0.0731. The topological polar surface area (TPSA) is 41.6 Å². The second kappa shape index (κ2) is 7.03. The third-order valence-corrected chi connectivity index (χ3v) is 3.48. The van der Waals surface area contributed by atoms with Crippen molar-refractivity contribution in [2.24, 2.45) is 0 Å². The van der Waals surface area contributed by atoms with Gasteiger partial charge in [0, 0.05) is 25.2 Å². The second-order valence-electron chi connectivity index (χ2n) is 4.29. The molecule has 1 fully saturated rings. The van der Waals surface area contributed by atoms with Gasteiger partial charge in [-0.25, -0.2) is 0 Å². The first kappa shape index (κ1) is 14.5. The lowest BCUT2D eigenvalue weighted by Crippen LogP contribution is -2.36. The van der Waals surface area contributed by atoms with E-state index in [1.165, 1.54) is 0 Å². The number of amides is 1. The highest BCUT2D eigenvalue weighted by Gasteiger charge is 2.13. The minimum atomic E-state index is -0.0731. The number of anilines is 2. The Morgan fingerprint density at radius 1 is 1.42 bits per heavy atom. The van der Waals surface area contributed by atoms with Gasteiger partial charge in [-0.15, -0.1) is 0 Å². The summed E-state index contributed by atoms with van der Waals surface area (Å²) < 4.78 is 5.32. The summed E-state index contributed by atoms with van der Waals surface area (Å²) in [6.45, 7) is 3.19. The van der Waals surface area contributed by atoms with Gasteiger partial charge in [0.1, 0.15) is 0 Å². The van der Waals surface area contributed by atoms with E-state index in [0.29, 0.717) is 22.9 Å². The Bertz CT molecular complexity index is 450. The molecule has 2 rings (SSSR count). The molecular weight excluding hydrogens is 284 g/mol. The number of hydrogen-bond acceptors (Lipinski definition) is 4. The number of halogens is 1. The Balaban J connectivity index is 2.05. The number of benzene rings is 1. The Kier molecular flexibility index (Phi) is 5.36. The van der Waals surface area contributed by atoms with E-state index < -0.39 is 0 Å². The molecule has 0 aromatic heterocycles. The number of carbonyl (C=O) groups is 1. The van der Waals surface area contributed by atoms with Crippen LogP contribution in [-0.2, 0) is 9.53 Å². The van der Waals surface area contributed by atoms with Crippen LogP contribution in [0.15, 0.2) is 18.2 Å². The molecule has 0 saturated carbocycles. The van der Waals surface area contributed by atoms with Crippen LogP contribution in [0.25, 0.3) is 0 Å². The number of carbonyl (C=O) groups excluding carboxylic acids is 1. The molecule has 19 heavy (non-hydrogen) atoms. The predicted molar refractivity (Wildman–Crippen MR) is 81.6 cm³/mol. The van der Waals surface area contributed by atoms with E-state index in [2.05, 4.69) is 22.8 Å². The van der Waals surface area contributed by atoms with Crippen LogP contribution >= 0.6 is 24.2 Å². The molecule has 1 aliphatic heterocycles. The molecule has 1 heterocycles. The average Bonchev–Trinajstić information content (AvgIpc) is 2.42. The van der Waals surface area contributed by atoms with E-state index in [1.807, 2.05) is 18.2 Å². The van der Waals surface area contributed by atoms with Crippen molar-refractivity contribution in [2.45, 2.75) is 6.42 Å². The lowest BCUT2D eigenvalue weighted by atomic mass is 10.2. The first-order valence-corrected chi connectivity index (χ1v) is 7.24. The van der Waals surface area contributed by atoms with E-state index in [-0.39, 0.29) is 5.91 Å². The SMILES string of the molecule is O=C(CCS)Nc1ccc(N2CCOCC2)cc1Cl. The maximum absolute atomic E-state index is 11.5. The molecule has 1 aliphatic rings. The monoisotopic (exact) mass is 300 g/mol. The minimum Gasteiger partial charge on any atom is -0.378 e. The largest absolute Gasteiger partial charge is 0.378 e. The normalized spacial score (nSPS) is 15.4. The van der Waals surface area contributed by atoms with Gasteiger partial charge in [-0.05, 0) is 24.0 Å². The number of thiol groups is 1. The molecule has 1 N–H and O–H groups in total. The highest BCUT2D eigenvalue weighted by atomic mass is 35.5. The van der Waals surface area contributed by atoms with Crippen LogP contribution in [0.3, 0.4) is 0 Å². The lowest BCUT2D eigenvalue weighted by Gasteiger charge is -2.29. The molecule has 0 radical (unpaired) electrons. The maximum Gasteiger partial charge on any atom is 0.225 e. The summed E-state index contributed by atoms with van der Waals surface area (Å²) in [5.74, 6) is 0.450. The number of hydrogen-bond donors (Lipinski definition) is 2. The van der Waals surface area contributed by atoms with Crippen molar-refractivity contribution in [2.75, 3.05) is 42.3 Å². The molecule has 1 amide bonds. The van der Waals surface area contributed by atoms with Crippen LogP contribution in [0.5, 0.6) is 0 Å². The van der Waals surface area contributed by atoms with Gasteiger partial charge in [0.15, 0.2) is 0 Å². The molecule has 0 unspecified atom stereocenters. The third-order valence-electron chi connectivity index (χ3n) is 2.94. The molecule has 0 atom stereocenters. The van der Waals surface area contributed by atoms with Crippen molar-refractivity contribution in [1.29, 1.82) is 0 Å². The molecule has 1 saturated heterocycles. The second-order valence-corrected chi connectivity index (χ2v) is 5.14. The zero-order valence-electron chi connectivity index (χ0n) is 10.6. The van der Waals surface area contributed by atoms with Gasteiger partial charge < -0.3 is 15.0 Å². The summed E-state index contributed by atoms with van der Waals surface area (Å²) in [5, 5.41) is 3.33. The van der Waals surface area contributed by atoms with E-state index in [1.54, 1.807) is 0 Å². The number of ether oxygens (including phenoxy) is 1. The van der Waals surface area contributed by atoms with Gasteiger partial charge >= 0.3 is 0 Å². The Morgan fingerprint density at radius 3 is 2.79 bits per heavy atom. The number of rotatable bonds is 4. The van der Waals surface area contributed by atoms with Crippen molar-refractivity contribution in [3.05, 3.63) is 23.2 Å². The van der Waals surface area contributed by atoms with Crippen LogP contribution in [0.1, 0.15) is 6.42 Å². The molecule has 4 nitrogen and oxygen atoms in total. The molecule has 104 valence electrons. The Labute approximate surface area is 123 Å². The van der Waals surface area contributed by atoms with Crippen molar-refractivity contribution >= 4 is 41.5 Å². The Hall–Kier alpha value is -0.910. The van der Waals surface area contributed by atoms with E-state index in [9.17, 15) is 4.79 Å². The van der Waals surface area contributed by atoms with E-state index in [0.717, 1.165) is 32.0 Å². The molecular formula is C13H17ClN2O2S. The van der Waals surface area contributed by atoms with E-state index in [4.69, 9.17) is 16.3 Å². The highest BCUT2D eigenvalue weighted by molar-refractivity contribution is 7.80. The van der Waals surface area contributed by atoms with Gasteiger partial charge in [0.25, 0.3) is 0 Å². The van der Waals surface area contributed by atoms with Gasteiger partial charge in [-0.3, -0.25) is 4.79 Å². The molecule has 1 aromatic rings. The van der Waals surface area contributed by atoms with E-state index >= 15 is 0 Å². The predicted octanol–water partition coefficient (Wildman–Crippen LogP) is 2.44. The summed E-state index contributed by atoms with van der Waals surface area (Å²) in [6, 6.07) is 5.68. The van der Waals surface area contributed by atoms with Gasteiger partial charge in [0.05, 0.1) is 23.9 Å². The lowest BCUT2D eigenvalue weighted by molar-refractivity contribution is -0.115. The fraction of sp³-hybridized carbons (Fsp3) is 0.462. The quantitative estimate of drug-likeness (QED) is 0.839. The average molecular weight is 301 g/mol. The number of nitrogens with one attached hydrogen (secondary N) is 1. The summed E-state index contributed by atoms with van der Waals surface area (Å²) >= 11 is 10.2. The number of morpholine rings is 1. The van der Waals surface area contributed by atoms with Crippen molar-refractivity contribution in [1.82, 2.24) is 0 Å². The van der Waals surface area contributed by atoms with Crippen LogP contribution in [0, 0.1) is 0 Å². The highest BCUT2D eigenvalue weighted by Crippen LogP contribution is 2.28. The third kappa shape index (κ3) is 4.03. The fourth-order valence-electron chi connectivity index (χ4n) is 1.94. The standard InChI is InChI=1S/C13H17ClN2O2S/c14-11-9-10(16-4-6-18-7-5-16)1-2-12(11)15-13(17)3-8-19/h1-2,9,19H,3-8H2,(H,15,17). The summed E-state index contributed by atoms with van der Waals surface area (Å²) in [4.78, 5) is 13.7. The van der Waals surface area contributed by atoms with Crippen molar-refractivity contribution < 1.29 is 9.53 Å². The molecule has 6 heteroatoms. The van der Waals surface area contributed by atoms with Crippen molar-refractivity contribution in [3.8, 4) is 0 Å². The number of nitrogens with zero attached hydrogens (tertiary/aromatic N) is 1. The summed E-state index contributed by atoms with van der Waals surface area (Å²) in [6.07, 6.45) is 0.380. The van der Waals surface area contributed by atoms with Crippen LogP contribution in [0.2, 0.25) is 5.02 Å². The molecule has 0 aliphatic carbocycles. The maximum atomic E-state index is 11.5. The van der Waals surface area contributed by atoms with Crippen molar-refractivity contribution in [3.63, 3.8) is 0 Å². The molecule has 0 bridgehead atoms. The zero-order valence-corrected chi connectivity index (χ0v) is 12.2. The van der Waals surface area contributed by atoms with Crippen LogP contribution in [0.4, 0.5) is 11.4 Å². The summed E-state index contributed by atoms with van der Waals surface area (Å²) in [5.41, 5.74) is 1.70. The smallest absolute Gasteiger partial charge is 0.225 e. The van der Waals surface area contributed by atoms with Gasteiger partial charge in [-0.1, -0.05) is 11.6 Å². The first-order valence-electron chi connectivity index (χ1n) is 6.23. The summed E-state index contributed by atoms with van der Waals surface area (Å²) in [7, 11) is 0. The van der Waals surface area contributed by atoms with Gasteiger partial charge in [-0.2, -0.15) is 12.6 Å². The molecule has 0 spiro atoms. The van der Waals surface area contributed by atoms with Crippen LogP contribution in [-0.4, -0.2) is 38.0 Å². The van der Waals surface area contributed by atoms with Crippen LogP contribution < -0.4 is 10.2 Å². The fourth-order valence-corrected chi connectivity index (χ4v) is 2.36. The first-order chi connectivity index (χ1) is 9.20.